The lowest BCUT2D eigenvalue weighted by Gasteiger charge is -2.09. The van der Waals surface area contributed by atoms with E-state index in [2.05, 4.69) is 15.1 Å². The van der Waals surface area contributed by atoms with Gasteiger partial charge in [-0.05, 0) is 18.2 Å². The van der Waals surface area contributed by atoms with Gasteiger partial charge in [-0.25, -0.2) is 4.84 Å². The van der Waals surface area contributed by atoms with Crippen LogP contribution in [0.25, 0.3) is 10.8 Å². The van der Waals surface area contributed by atoms with Crippen molar-refractivity contribution in [3.63, 3.8) is 0 Å². The summed E-state index contributed by atoms with van der Waals surface area (Å²) in [5, 5.41) is 8.71. The molecule has 0 aliphatic rings. The number of rotatable bonds is 5. The maximum absolute atomic E-state index is 11.7. The van der Waals surface area contributed by atoms with Crippen molar-refractivity contribution in [2.75, 3.05) is 12.8 Å². The molecule has 0 atom stereocenters. The number of nitrogens with zero attached hydrogens (tertiary/aromatic N) is 3. The van der Waals surface area contributed by atoms with E-state index in [9.17, 15) is 17.9 Å². The first-order valence-electron chi connectivity index (χ1n) is 7.63. The van der Waals surface area contributed by atoms with E-state index in [0.717, 1.165) is 6.07 Å². The topological polar surface area (TPSA) is 134 Å². The minimum absolute atomic E-state index is 0.0905. The molecule has 0 amide bonds. The van der Waals surface area contributed by atoms with Crippen LogP contribution in [0.2, 0.25) is 0 Å². The fraction of sp³-hybridized carbons (Fsp3) is 0.0588. The molecule has 9 nitrogen and oxygen atoms in total. The summed E-state index contributed by atoms with van der Waals surface area (Å²) in [4.78, 5) is 15.9. The number of hydrogen-bond acceptors (Lipinski definition) is 7. The van der Waals surface area contributed by atoms with Crippen LogP contribution in [-0.2, 0) is 15.0 Å². The van der Waals surface area contributed by atoms with Crippen molar-refractivity contribution in [3.05, 3.63) is 59.5 Å². The fourth-order valence-corrected chi connectivity index (χ4v) is 3.22. The van der Waals surface area contributed by atoms with Crippen LogP contribution in [-0.4, -0.2) is 25.0 Å². The molecular formula is C17H15N4O5S+. The summed E-state index contributed by atoms with van der Waals surface area (Å²) in [5.74, 6) is 0. The highest BCUT2D eigenvalue weighted by molar-refractivity contribution is 7.86. The largest absolute Gasteiger partial charge is 0.396 e. The molecule has 0 aromatic heterocycles. The Morgan fingerprint density at radius 3 is 2.26 bits per heavy atom. The molecule has 0 unspecified atom stereocenters. The smallest absolute Gasteiger partial charge is 0.316 e. The predicted octanol–water partition coefficient (Wildman–Crippen LogP) is 4.06. The second-order valence-corrected chi connectivity index (χ2v) is 6.87. The van der Waals surface area contributed by atoms with Crippen LogP contribution >= 0.6 is 0 Å². The molecule has 0 saturated carbocycles. The van der Waals surface area contributed by atoms with Crippen LogP contribution in [0.5, 0.6) is 0 Å². The fourth-order valence-electron chi connectivity index (χ4n) is 2.50. The van der Waals surface area contributed by atoms with E-state index in [4.69, 9.17) is 5.73 Å². The lowest BCUT2D eigenvalue weighted by molar-refractivity contribution is -0.736. The lowest BCUT2D eigenvalue weighted by Crippen LogP contribution is -2.01. The highest BCUT2D eigenvalue weighted by atomic mass is 32.2. The zero-order valence-corrected chi connectivity index (χ0v) is 14.9. The zero-order chi connectivity index (χ0) is 19.6. The van der Waals surface area contributed by atoms with Crippen molar-refractivity contribution in [1.82, 2.24) is 0 Å². The number of hydrogen-bond donors (Lipinski definition) is 2. The molecule has 3 aromatic rings. The first-order chi connectivity index (χ1) is 12.8. The summed E-state index contributed by atoms with van der Waals surface area (Å²) in [6, 6.07) is 13.7. The Hall–Kier alpha value is -3.37. The minimum Gasteiger partial charge on any atom is -0.396 e. The van der Waals surface area contributed by atoms with E-state index in [1.807, 2.05) is 0 Å². The summed E-state index contributed by atoms with van der Waals surface area (Å²) in [6.45, 7) is 0. The van der Waals surface area contributed by atoms with Crippen LogP contribution in [0.3, 0.4) is 0 Å². The van der Waals surface area contributed by atoms with E-state index in [-0.39, 0.29) is 27.3 Å². The average molecular weight is 387 g/mol. The Bertz CT molecular complexity index is 1160. The summed E-state index contributed by atoms with van der Waals surface area (Å²) >= 11 is 0. The van der Waals surface area contributed by atoms with Crippen molar-refractivity contribution in [2.45, 2.75) is 4.90 Å². The first-order valence-corrected chi connectivity index (χ1v) is 9.07. The zero-order valence-electron chi connectivity index (χ0n) is 14.1. The number of anilines is 1. The predicted molar refractivity (Wildman–Crippen MR) is 99.1 cm³/mol. The molecule has 0 aliphatic heterocycles. The third-order valence-electron chi connectivity index (χ3n) is 3.80. The first kappa shape index (κ1) is 18.4. The van der Waals surface area contributed by atoms with Crippen LogP contribution in [0.4, 0.5) is 22.7 Å². The number of azo groups is 1. The van der Waals surface area contributed by atoms with Gasteiger partial charge in [-0.2, -0.15) is 13.5 Å². The SMILES string of the molecule is CO[N+](=O)c1ccc(N=Nc2cc(S(=O)(=O)O)c3ccccc3c2N)cc1. The monoisotopic (exact) mass is 387 g/mol. The van der Waals surface area contributed by atoms with Gasteiger partial charge in [-0.1, -0.05) is 24.3 Å². The van der Waals surface area contributed by atoms with Crippen LogP contribution in [0.15, 0.2) is 69.7 Å². The Kier molecular flexibility index (Phi) is 4.84. The molecule has 0 bridgehead atoms. The maximum atomic E-state index is 11.7. The van der Waals surface area contributed by atoms with Gasteiger partial charge in [0.1, 0.15) is 10.6 Å². The molecule has 3 rings (SSSR count). The second kappa shape index (κ2) is 7.09. The lowest BCUT2D eigenvalue weighted by atomic mass is 10.1. The third-order valence-corrected chi connectivity index (χ3v) is 4.70. The van der Waals surface area contributed by atoms with E-state index < -0.39 is 10.1 Å². The normalized spacial score (nSPS) is 11.8. The number of fused-ring (bicyclic) bond motifs is 1. The number of nitrogen functional groups attached to an aromatic ring is 1. The Morgan fingerprint density at radius 2 is 1.67 bits per heavy atom. The van der Waals surface area contributed by atoms with Gasteiger partial charge >= 0.3 is 5.69 Å². The van der Waals surface area contributed by atoms with Crippen LogP contribution in [0, 0.1) is 4.91 Å². The van der Waals surface area contributed by atoms with Crippen molar-refractivity contribution in [1.29, 1.82) is 0 Å². The number of nitrogens with two attached hydrogens (primary N) is 1. The van der Waals surface area contributed by atoms with Gasteiger partial charge < -0.3 is 5.73 Å². The van der Waals surface area contributed by atoms with Gasteiger partial charge in [0.2, 0.25) is 0 Å². The molecule has 3 aromatic carbocycles. The van der Waals surface area contributed by atoms with E-state index in [0.29, 0.717) is 16.0 Å². The van der Waals surface area contributed by atoms with Gasteiger partial charge in [-0.15, -0.1) is 5.11 Å². The van der Waals surface area contributed by atoms with Crippen molar-refractivity contribution in [2.24, 2.45) is 10.2 Å². The molecule has 3 N–H and O–H groups in total. The van der Waals surface area contributed by atoms with E-state index in [1.165, 1.54) is 31.4 Å². The molecule has 27 heavy (non-hydrogen) atoms. The summed E-state index contributed by atoms with van der Waals surface area (Å²) in [5.41, 5.74) is 7.08. The van der Waals surface area contributed by atoms with Gasteiger partial charge in [0.15, 0.2) is 7.11 Å². The second-order valence-electron chi connectivity index (χ2n) is 5.48. The highest BCUT2D eigenvalue weighted by Crippen LogP contribution is 2.36. The van der Waals surface area contributed by atoms with Gasteiger partial charge in [0.25, 0.3) is 15.0 Å². The molecule has 0 radical (unpaired) electrons. The third kappa shape index (κ3) is 3.76. The molecular weight excluding hydrogens is 372 g/mol. The molecule has 138 valence electrons. The maximum Gasteiger partial charge on any atom is 0.316 e. The van der Waals surface area contributed by atoms with Crippen LogP contribution < -0.4 is 5.73 Å². The van der Waals surface area contributed by atoms with Gasteiger partial charge in [0, 0.05) is 22.9 Å². The molecule has 0 aliphatic carbocycles. The van der Waals surface area contributed by atoms with E-state index in [1.54, 1.807) is 24.3 Å². The summed E-state index contributed by atoms with van der Waals surface area (Å²) in [7, 11) is -3.24. The Labute approximate surface area is 154 Å². The minimum atomic E-state index is -4.48. The van der Waals surface area contributed by atoms with Gasteiger partial charge in [-0.3, -0.25) is 4.55 Å². The van der Waals surface area contributed by atoms with Crippen molar-refractivity contribution < 1.29 is 22.7 Å². The molecule has 0 saturated heterocycles. The summed E-state index contributed by atoms with van der Waals surface area (Å²) in [6.07, 6.45) is 0. The molecule has 0 fully saturated rings. The van der Waals surface area contributed by atoms with Crippen molar-refractivity contribution >= 4 is 43.6 Å². The average Bonchev–Trinajstić information content (AvgIpc) is 2.66. The highest BCUT2D eigenvalue weighted by Gasteiger charge is 2.18. The molecule has 10 heteroatoms. The molecule has 0 spiro atoms. The Morgan fingerprint density at radius 1 is 1.04 bits per heavy atom. The van der Waals surface area contributed by atoms with Crippen LogP contribution in [0.1, 0.15) is 0 Å². The standard InChI is InChI=1S/C17H14N4O5S/c1-26-21(22)12-8-6-11(7-9-12)19-20-15-10-16(27(23,24)25)13-4-2-3-5-14(13)17(15)18/h2-10H,18H2,1H3/p+1. The Balaban J connectivity index is 2.06. The van der Waals surface area contributed by atoms with E-state index >= 15 is 0 Å². The quantitative estimate of drug-likeness (QED) is 0.293. The summed E-state index contributed by atoms with van der Waals surface area (Å²) < 4.78 is 32.9. The molecule has 0 heterocycles. The van der Waals surface area contributed by atoms with Crippen molar-refractivity contribution in [3.8, 4) is 0 Å². The van der Waals surface area contributed by atoms with Gasteiger partial charge in [0.05, 0.1) is 16.3 Å². The number of benzene rings is 3.